The second kappa shape index (κ2) is 3.96. The standard InChI is InChI=1S/C11H10N2O2/c1-2-7-15-13-8-12-10-6-4-3-5-9(10)11(13)14/h2-6,8H,1,7H2. The summed E-state index contributed by atoms with van der Waals surface area (Å²) in [5.74, 6) is 0. The Morgan fingerprint density at radius 2 is 2.27 bits per heavy atom. The highest BCUT2D eigenvalue weighted by molar-refractivity contribution is 5.76. The minimum Gasteiger partial charge on any atom is -0.405 e. The molecule has 2 rings (SSSR count). The molecule has 1 heterocycles. The summed E-state index contributed by atoms with van der Waals surface area (Å²) in [5, 5.41) is 0.545. The molecule has 0 atom stereocenters. The molecule has 0 aliphatic rings. The van der Waals surface area contributed by atoms with Gasteiger partial charge in [0.15, 0.2) is 0 Å². The normalized spacial score (nSPS) is 10.1. The number of hydrogen-bond acceptors (Lipinski definition) is 3. The van der Waals surface area contributed by atoms with E-state index in [4.69, 9.17) is 4.84 Å². The largest absolute Gasteiger partial charge is 0.405 e. The zero-order valence-electron chi connectivity index (χ0n) is 8.09. The lowest BCUT2D eigenvalue weighted by atomic mass is 10.2. The van der Waals surface area contributed by atoms with Crippen molar-refractivity contribution in [2.24, 2.45) is 0 Å². The average Bonchev–Trinajstić information content (AvgIpc) is 2.29. The number of benzene rings is 1. The summed E-state index contributed by atoms with van der Waals surface area (Å²) in [5.41, 5.74) is 0.461. The predicted molar refractivity (Wildman–Crippen MR) is 57.6 cm³/mol. The van der Waals surface area contributed by atoms with Crippen LogP contribution in [0.1, 0.15) is 0 Å². The number of aromatic nitrogens is 2. The van der Waals surface area contributed by atoms with Gasteiger partial charge in [-0.05, 0) is 12.1 Å². The van der Waals surface area contributed by atoms with E-state index < -0.39 is 0 Å². The number of nitrogens with zero attached hydrogens (tertiary/aromatic N) is 2. The van der Waals surface area contributed by atoms with Crippen LogP contribution >= 0.6 is 0 Å². The quantitative estimate of drug-likeness (QED) is 0.698. The van der Waals surface area contributed by atoms with Gasteiger partial charge >= 0.3 is 0 Å². The van der Waals surface area contributed by atoms with Crippen LogP contribution in [0.25, 0.3) is 10.9 Å². The van der Waals surface area contributed by atoms with Crippen molar-refractivity contribution in [3.05, 3.63) is 53.6 Å². The van der Waals surface area contributed by atoms with Crippen LogP contribution in [0.5, 0.6) is 0 Å². The van der Waals surface area contributed by atoms with Gasteiger partial charge < -0.3 is 4.84 Å². The lowest BCUT2D eigenvalue weighted by molar-refractivity contribution is 0.124. The molecule has 0 bridgehead atoms. The molecule has 0 fully saturated rings. The zero-order chi connectivity index (χ0) is 10.7. The third kappa shape index (κ3) is 1.74. The second-order valence-electron chi connectivity index (χ2n) is 2.98. The van der Waals surface area contributed by atoms with E-state index in [0.717, 1.165) is 4.73 Å². The fraction of sp³-hybridized carbons (Fsp3) is 0.0909. The summed E-state index contributed by atoms with van der Waals surface area (Å²) >= 11 is 0. The van der Waals surface area contributed by atoms with Crippen LogP contribution in [0.4, 0.5) is 0 Å². The van der Waals surface area contributed by atoms with Crippen molar-refractivity contribution in [1.82, 2.24) is 9.71 Å². The highest BCUT2D eigenvalue weighted by Crippen LogP contribution is 2.03. The first-order chi connectivity index (χ1) is 7.33. The number of fused-ring (bicyclic) bond motifs is 1. The molecule has 0 aliphatic heterocycles. The van der Waals surface area contributed by atoms with Gasteiger partial charge in [-0.25, -0.2) is 4.98 Å². The van der Waals surface area contributed by atoms with Crippen molar-refractivity contribution < 1.29 is 4.84 Å². The molecule has 0 unspecified atom stereocenters. The summed E-state index contributed by atoms with van der Waals surface area (Å²) in [6.45, 7) is 3.78. The Morgan fingerprint density at radius 1 is 1.47 bits per heavy atom. The molecule has 15 heavy (non-hydrogen) atoms. The van der Waals surface area contributed by atoms with Crippen molar-refractivity contribution in [3.63, 3.8) is 0 Å². The Hall–Kier alpha value is -2.10. The van der Waals surface area contributed by atoms with Crippen molar-refractivity contribution in [3.8, 4) is 0 Å². The summed E-state index contributed by atoms with van der Waals surface area (Å²) in [6, 6.07) is 7.14. The Labute approximate surface area is 86.4 Å². The van der Waals surface area contributed by atoms with E-state index in [1.54, 1.807) is 24.3 Å². The van der Waals surface area contributed by atoms with Gasteiger partial charge in [0.25, 0.3) is 5.56 Å². The summed E-state index contributed by atoms with van der Waals surface area (Å²) in [4.78, 5) is 21.0. The van der Waals surface area contributed by atoms with E-state index in [0.29, 0.717) is 10.9 Å². The van der Waals surface area contributed by atoms with Gasteiger partial charge in [0, 0.05) is 0 Å². The van der Waals surface area contributed by atoms with Gasteiger partial charge in [-0.3, -0.25) is 4.79 Å². The maximum Gasteiger partial charge on any atom is 0.293 e. The van der Waals surface area contributed by atoms with Crippen LogP contribution in [-0.4, -0.2) is 16.3 Å². The smallest absolute Gasteiger partial charge is 0.293 e. The molecule has 4 nitrogen and oxygen atoms in total. The average molecular weight is 202 g/mol. The Bertz CT molecular complexity index is 546. The first-order valence-corrected chi connectivity index (χ1v) is 4.53. The molecule has 2 aromatic rings. The van der Waals surface area contributed by atoms with Gasteiger partial charge in [0.1, 0.15) is 12.9 Å². The number of rotatable bonds is 3. The van der Waals surface area contributed by atoms with E-state index in [1.165, 1.54) is 6.33 Å². The molecule has 1 aromatic heterocycles. The zero-order valence-corrected chi connectivity index (χ0v) is 8.09. The van der Waals surface area contributed by atoms with Gasteiger partial charge in [-0.15, -0.1) is 4.73 Å². The van der Waals surface area contributed by atoms with Gasteiger partial charge in [-0.1, -0.05) is 24.8 Å². The highest BCUT2D eigenvalue weighted by atomic mass is 16.7. The Kier molecular flexibility index (Phi) is 2.49. The van der Waals surface area contributed by atoms with Crippen molar-refractivity contribution in [2.75, 3.05) is 6.61 Å². The van der Waals surface area contributed by atoms with E-state index in [2.05, 4.69) is 11.6 Å². The van der Waals surface area contributed by atoms with Crippen LogP contribution in [0, 0.1) is 0 Å². The maximum absolute atomic E-state index is 11.8. The molecular formula is C11H10N2O2. The minimum atomic E-state index is -0.206. The SMILES string of the molecule is C=CCOn1cnc2ccccc2c1=O. The molecule has 0 saturated carbocycles. The fourth-order valence-corrected chi connectivity index (χ4v) is 1.28. The summed E-state index contributed by atoms with van der Waals surface area (Å²) in [6.07, 6.45) is 2.94. The predicted octanol–water partition coefficient (Wildman–Crippen LogP) is 1.01. The third-order valence-corrected chi connectivity index (χ3v) is 1.97. The number of hydrogen-bond donors (Lipinski definition) is 0. The second-order valence-corrected chi connectivity index (χ2v) is 2.98. The van der Waals surface area contributed by atoms with Crippen molar-refractivity contribution in [1.29, 1.82) is 0 Å². The van der Waals surface area contributed by atoms with Gasteiger partial charge in [0.05, 0.1) is 10.9 Å². The molecule has 0 radical (unpaired) electrons. The van der Waals surface area contributed by atoms with Crippen molar-refractivity contribution in [2.45, 2.75) is 0 Å². The lowest BCUT2D eigenvalue weighted by Gasteiger charge is -2.05. The van der Waals surface area contributed by atoms with E-state index in [1.807, 2.05) is 6.07 Å². The first kappa shape index (κ1) is 9.45. The molecule has 0 amide bonds. The number of para-hydroxylation sites is 1. The van der Waals surface area contributed by atoms with Gasteiger partial charge in [0.2, 0.25) is 0 Å². The fourth-order valence-electron chi connectivity index (χ4n) is 1.28. The van der Waals surface area contributed by atoms with Crippen LogP contribution in [0.2, 0.25) is 0 Å². The first-order valence-electron chi connectivity index (χ1n) is 4.53. The molecule has 76 valence electrons. The molecule has 0 spiro atoms. The lowest BCUT2D eigenvalue weighted by Crippen LogP contribution is -2.27. The third-order valence-electron chi connectivity index (χ3n) is 1.97. The van der Waals surface area contributed by atoms with Crippen molar-refractivity contribution >= 4 is 10.9 Å². The summed E-state index contributed by atoms with van der Waals surface area (Å²) in [7, 11) is 0. The molecule has 0 N–H and O–H groups in total. The highest BCUT2D eigenvalue weighted by Gasteiger charge is 2.02. The molecule has 4 heteroatoms. The van der Waals surface area contributed by atoms with Gasteiger partial charge in [-0.2, -0.15) is 0 Å². The molecule has 0 aliphatic carbocycles. The van der Waals surface area contributed by atoms with Crippen LogP contribution < -0.4 is 10.4 Å². The molecule has 0 saturated heterocycles. The maximum atomic E-state index is 11.8. The summed E-state index contributed by atoms with van der Waals surface area (Å²) < 4.78 is 1.12. The van der Waals surface area contributed by atoms with Crippen LogP contribution in [0.15, 0.2) is 48.0 Å². The van der Waals surface area contributed by atoms with Crippen LogP contribution in [-0.2, 0) is 0 Å². The Balaban J connectivity index is 2.55. The van der Waals surface area contributed by atoms with E-state index in [9.17, 15) is 4.79 Å². The van der Waals surface area contributed by atoms with E-state index in [-0.39, 0.29) is 12.2 Å². The monoisotopic (exact) mass is 202 g/mol. The Morgan fingerprint density at radius 3 is 3.07 bits per heavy atom. The molecular weight excluding hydrogens is 192 g/mol. The minimum absolute atomic E-state index is 0.206. The van der Waals surface area contributed by atoms with E-state index >= 15 is 0 Å². The van der Waals surface area contributed by atoms with Crippen LogP contribution in [0.3, 0.4) is 0 Å². The topological polar surface area (TPSA) is 44.1 Å². The molecule has 1 aromatic carbocycles.